The summed E-state index contributed by atoms with van der Waals surface area (Å²) in [4.78, 5) is 11.3. The van der Waals surface area contributed by atoms with E-state index >= 15 is 0 Å². The smallest absolute Gasteiger partial charge is 0.435 e. The number of hydrogen-bond acceptors (Lipinski definition) is 4. The number of carbonyl (C=O) groups excluding carboxylic acids is 1. The van der Waals surface area contributed by atoms with E-state index < -0.39 is 6.16 Å². The lowest BCUT2D eigenvalue weighted by molar-refractivity contribution is 0.0188. The van der Waals surface area contributed by atoms with Gasteiger partial charge in [0.15, 0.2) is 0 Å². The summed E-state index contributed by atoms with van der Waals surface area (Å²) in [7, 11) is 0. The predicted octanol–water partition coefficient (Wildman–Crippen LogP) is 3.71. The highest BCUT2D eigenvalue weighted by Crippen LogP contribution is 2.33. The Kier molecular flexibility index (Phi) is 5.39. The van der Waals surface area contributed by atoms with Gasteiger partial charge in [-0.2, -0.15) is 0 Å². The summed E-state index contributed by atoms with van der Waals surface area (Å²) in [5, 5.41) is 0. The van der Waals surface area contributed by atoms with E-state index in [1.54, 1.807) is 6.92 Å². The van der Waals surface area contributed by atoms with Crippen molar-refractivity contribution < 1.29 is 19.0 Å². The van der Waals surface area contributed by atoms with Crippen molar-refractivity contribution in [3.63, 3.8) is 0 Å². The molecule has 1 aliphatic rings. The van der Waals surface area contributed by atoms with Gasteiger partial charge in [-0.05, 0) is 25.0 Å². The van der Waals surface area contributed by atoms with Crippen molar-refractivity contribution >= 4 is 6.16 Å². The average molecular weight is 290 g/mol. The molecule has 0 fully saturated rings. The quantitative estimate of drug-likeness (QED) is 0.592. The van der Waals surface area contributed by atoms with Gasteiger partial charge in [-0.15, -0.1) is 0 Å². The fourth-order valence-corrected chi connectivity index (χ4v) is 2.38. The van der Waals surface area contributed by atoms with Crippen molar-refractivity contribution in [2.24, 2.45) is 5.41 Å². The third-order valence-corrected chi connectivity index (χ3v) is 3.43. The van der Waals surface area contributed by atoms with Crippen LogP contribution in [0.2, 0.25) is 0 Å². The van der Waals surface area contributed by atoms with Crippen molar-refractivity contribution in [2.75, 3.05) is 13.2 Å². The first-order valence-corrected chi connectivity index (χ1v) is 7.26. The molecule has 0 aromatic heterocycles. The molecule has 2 atom stereocenters. The fourth-order valence-electron chi connectivity index (χ4n) is 2.38. The molecule has 1 aromatic rings. The van der Waals surface area contributed by atoms with E-state index in [2.05, 4.69) is 13.0 Å². The number of hydrogen-bond donors (Lipinski definition) is 0. The Labute approximate surface area is 125 Å². The minimum Gasteiger partial charge on any atom is -0.435 e. The van der Waals surface area contributed by atoms with Gasteiger partial charge in [0.05, 0.1) is 19.8 Å². The molecular weight excluding hydrogens is 268 g/mol. The lowest BCUT2D eigenvalue weighted by atomic mass is 9.91. The van der Waals surface area contributed by atoms with Gasteiger partial charge in [-0.25, -0.2) is 4.79 Å². The van der Waals surface area contributed by atoms with Crippen molar-refractivity contribution in [3.8, 4) is 0 Å². The van der Waals surface area contributed by atoms with Crippen molar-refractivity contribution in [2.45, 2.75) is 33.0 Å². The molecule has 21 heavy (non-hydrogen) atoms. The predicted molar refractivity (Wildman–Crippen MR) is 79.9 cm³/mol. The molecule has 0 saturated heterocycles. The van der Waals surface area contributed by atoms with Gasteiger partial charge in [0.1, 0.15) is 6.10 Å². The van der Waals surface area contributed by atoms with Crippen LogP contribution < -0.4 is 0 Å². The molecule has 0 saturated carbocycles. The van der Waals surface area contributed by atoms with Crippen molar-refractivity contribution in [3.05, 3.63) is 48.0 Å². The molecule has 0 unspecified atom stereocenters. The van der Waals surface area contributed by atoms with Gasteiger partial charge in [-0.3, -0.25) is 0 Å². The molecule has 0 heterocycles. The number of benzene rings is 1. The highest BCUT2D eigenvalue weighted by Gasteiger charge is 2.32. The molecule has 0 amide bonds. The lowest BCUT2D eigenvalue weighted by Gasteiger charge is -2.23. The molecule has 0 spiro atoms. The first-order chi connectivity index (χ1) is 10.1. The van der Waals surface area contributed by atoms with Gasteiger partial charge in [0.2, 0.25) is 0 Å². The topological polar surface area (TPSA) is 44.8 Å². The molecule has 0 bridgehead atoms. The summed E-state index contributed by atoms with van der Waals surface area (Å²) in [6.45, 7) is 5.37. The molecule has 0 aliphatic heterocycles. The van der Waals surface area contributed by atoms with Crippen LogP contribution in [0.25, 0.3) is 0 Å². The maximum Gasteiger partial charge on any atom is 0.508 e. The molecule has 1 aromatic carbocycles. The van der Waals surface area contributed by atoms with Gasteiger partial charge in [-0.1, -0.05) is 43.3 Å². The van der Waals surface area contributed by atoms with E-state index in [0.29, 0.717) is 19.8 Å². The average Bonchev–Trinajstić information content (AvgIpc) is 2.81. The highest BCUT2D eigenvalue weighted by molar-refractivity contribution is 5.60. The van der Waals surface area contributed by atoms with Gasteiger partial charge in [0.25, 0.3) is 0 Å². The Hall–Kier alpha value is -1.81. The van der Waals surface area contributed by atoms with Crippen LogP contribution in [-0.4, -0.2) is 25.5 Å². The number of ether oxygens (including phenoxy) is 3. The molecule has 0 N–H and O–H groups in total. The Bertz CT molecular complexity index is 483. The van der Waals surface area contributed by atoms with E-state index in [1.807, 2.05) is 36.4 Å². The summed E-state index contributed by atoms with van der Waals surface area (Å²) < 4.78 is 15.8. The second-order valence-electron chi connectivity index (χ2n) is 5.53. The van der Waals surface area contributed by atoms with E-state index in [9.17, 15) is 4.79 Å². The third kappa shape index (κ3) is 4.90. The van der Waals surface area contributed by atoms with Crippen LogP contribution >= 0.6 is 0 Å². The van der Waals surface area contributed by atoms with Crippen LogP contribution in [0.3, 0.4) is 0 Å². The van der Waals surface area contributed by atoms with Gasteiger partial charge in [0, 0.05) is 5.41 Å². The van der Waals surface area contributed by atoms with Crippen molar-refractivity contribution in [1.29, 1.82) is 0 Å². The Balaban J connectivity index is 1.74. The van der Waals surface area contributed by atoms with E-state index in [0.717, 1.165) is 12.0 Å². The molecule has 4 nitrogen and oxygen atoms in total. The molecule has 0 radical (unpaired) electrons. The second-order valence-corrected chi connectivity index (χ2v) is 5.53. The fraction of sp³-hybridized carbons (Fsp3) is 0.471. The zero-order chi connectivity index (χ0) is 15.1. The SMILES string of the molecule is CCOC(=O)O[C@@H]1C=C[C@@](C)(COCc2ccccc2)C1. The van der Waals surface area contributed by atoms with Crippen LogP contribution in [-0.2, 0) is 20.8 Å². The minimum absolute atomic E-state index is 0.105. The monoisotopic (exact) mass is 290 g/mol. The Morgan fingerprint density at radius 1 is 1.33 bits per heavy atom. The molecule has 2 rings (SSSR count). The maximum absolute atomic E-state index is 11.3. The summed E-state index contributed by atoms with van der Waals surface area (Å²) in [5.74, 6) is 0. The van der Waals surface area contributed by atoms with Crippen molar-refractivity contribution in [1.82, 2.24) is 0 Å². The summed E-state index contributed by atoms with van der Waals surface area (Å²) >= 11 is 0. The third-order valence-electron chi connectivity index (χ3n) is 3.43. The normalized spacial score (nSPS) is 24.0. The summed E-state index contributed by atoms with van der Waals surface area (Å²) in [5.41, 5.74) is 1.05. The summed E-state index contributed by atoms with van der Waals surface area (Å²) in [6.07, 6.45) is 3.85. The number of rotatable bonds is 6. The second kappa shape index (κ2) is 7.27. The van der Waals surface area contributed by atoms with E-state index in [-0.39, 0.29) is 11.5 Å². The van der Waals surface area contributed by atoms with Crippen LogP contribution in [0.4, 0.5) is 4.79 Å². The van der Waals surface area contributed by atoms with Gasteiger partial charge >= 0.3 is 6.16 Å². The number of carbonyl (C=O) groups is 1. The first-order valence-electron chi connectivity index (χ1n) is 7.26. The standard InChI is InChI=1S/C17H22O4/c1-3-20-16(18)21-15-9-10-17(2,11-15)13-19-12-14-7-5-4-6-8-14/h4-10,15H,3,11-13H2,1-2H3/t15-,17-/m1/s1. The molecule has 4 heteroatoms. The van der Waals surface area contributed by atoms with Crippen LogP contribution in [0, 0.1) is 5.41 Å². The minimum atomic E-state index is -0.610. The first kappa shape index (κ1) is 15.6. The van der Waals surface area contributed by atoms with E-state index in [1.165, 1.54) is 0 Å². The Morgan fingerprint density at radius 2 is 2.10 bits per heavy atom. The van der Waals surface area contributed by atoms with E-state index in [4.69, 9.17) is 14.2 Å². The zero-order valence-electron chi connectivity index (χ0n) is 12.6. The molecule has 1 aliphatic carbocycles. The lowest BCUT2D eigenvalue weighted by Crippen LogP contribution is -2.24. The van der Waals surface area contributed by atoms with Crippen LogP contribution in [0.15, 0.2) is 42.5 Å². The van der Waals surface area contributed by atoms with Crippen LogP contribution in [0.5, 0.6) is 0 Å². The summed E-state index contributed by atoms with van der Waals surface area (Å²) in [6, 6.07) is 10.1. The molecule has 114 valence electrons. The zero-order valence-corrected chi connectivity index (χ0v) is 12.6. The molecular formula is C17H22O4. The highest BCUT2D eigenvalue weighted by atomic mass is 16.7. The maximum atomic E-state index is 11.3. The van der Waals surface area contributed by atoms with Crippen LogP contribution in [0.1, 0.15) is 25.8 Å². The largest absolute Gasteiger partial charge is 0.508 e. The Morgan fingerprint density at radius 3 is 2.81 bits per heavy atom. The van der Waals surface area contributed by atoms with Gasteiger partial charge < -0.3 is 14.2 Å².